The van der Waals surface area contributed by atoms with Crippen LogP contribution in [0.5, 0.6) is 0 Å². The van der Waals surface area contributed by atoms with E-state index in [1.165, 1.54) is 4.90 Å². The van der Waals surface area contributed by atoms with Gasteiger partial charge in [-0.25, -0.2) is 0 Å². The normalized spacial score (nSPS) is 22.2. The van der Waals surface area contributed by atoms with Crippen LogP contribution < -0.4 is 5.32 Å². The standard InChI is InChI=1S/C18H25NO2S/c1-13(2)22-17-10-6-3-7-14(17)11-12-18(21)19-15-8-4-5-9-16(15)20/h3,6-7,10-13,15-16,20H,4-5,8-9H2,1-2H3,(H,19,21)/b12-11+. The van der Waals surface area contributed by atoms with Gasteiger partial charge in [0.2, 0.25) is 5.91 Å². The monoisotopic (exact) mass is 319 g/mol. The number of rotatable bonds is 5. The van der Waals surface area contributed by atoms with Gasteiger partial charge in [-0.3, -0.25) is 4.79 Å². The lowest BCUT2D eigenvalue weighted by Gasteiger charge is -2.27. The Bertz CT molecular complexity index is 528. The zero-order chi connectivity index (χ0) is 15.9. The molecule has 0 radical (unpaired) electrons. The van der Waals surface area contributed by atoms with Crippen LogP contribution in [-0.4, -0.2) is 28.4 Å². The van der Waals surface area contributed by atoms with Crippen LogP contribution in [0.25, 0.3) is 6.08 Å². The third-order valence-corrected chi connectivity index (χ3v) is 4.85. The summed E-state index contributed by atoms with van der Waals surface area (Å²) in [7, 11) is 0. The number of aliphatic hydroxyl groups excluding tert-OH is 1. The number of hydrogen-bond acceptors (Lipinski definition) is 3. The van der Waals surface area contributed by atoms with E-state index < -0.39 is 6.10 Å². The Kier molecular flexibility index (Phi) is 6.52. The first-order valence-corrected chi connectivity index (χ1v) is 8.86. The Morgan fingerprint density at radius 2 is 2.05 bits per heavy atom. The molecule has 0 heterocycles. The summed E-state index contributed by atoms with van der Waals surface area (Å²) in [6.45, 7) is 4.31. The highest BCUT2D eigenvalue weighted by Crippen LogP contribution is 2.27. The van der Waals surface area contributed by atoms with Gasteiger partial charge in [-0.2, -0.15) is 0 Å². The molecule has 1 saturated carbocycles. The Hall–Kier alpha value is -1.26. The van der Waals surface area contributed by atoms with Crippen LogP contribution in [-0.2, 0) is 4.79 Å². The topological polar surface area (TPSA) is 49.3 Å². The van der Waals surface area contributed by atoms with Gasteiger partial charge in [-0.15, -0.1) is 11.8 Å². The van der Waals surface area contributed by atoms with E-state index in [-0.39, 0.29) is 11.9 Å². The van der Waals surface area contributed by atoms with E-state index in [1.54, 1.807) is 17.8 Å². The SMILES string of the molecule is CC(C)Sc1ccccc1/C=C/C(=O)NC1CCCCC1O. The summed E-state index contributed by atoms with van der Waals surface area (Å²) in [6, 6.07) is 7.98. The van der Waals surface area contributed by atoms with Gasteiger partial charge < -0.3 is 10.4 Å². The van der Waals surface area contributed by atoms with Crippen LogP contribution in [0.2, 0.25) is 0 Å². The van der Waals surface area contributed by atoms with E-state index in [0.29, 0.717) is 5.25 Å². The van der Waals surface area contributed by atoms with Crippen LogP contribution in [0.4, 0.5) is 0 Å². The third kappa shape index (κ3) is 5.18. The summed E-state index contributed by atoms with van der Waals surface area (Å²) >= 11 is 1.79. The molecule has 3 nitrogen and oxygen atoms in total. The molecule has 2 rings (SSSR count). The van der Waals surface area contributed by atoms with Crippen LogP contribution in [0, 0.1) is 0 Å². The maximum Gasteiger partial charge on any atom is 0.244 e. The molecule has 0 aromatic heterocycles. The molecule has 1 aliphatic carbocycles. The first-order chi connectivity index (χ1) is 10.6. The number of carbonyl (C=O) groups is 1. The average molecular weight is 319 g/mol. The molecule has 0 aliphatic heterocycles. The summed E-state index contributed by atoms with van der Waals surface area (Å²) in [5.74, 6) is -0.129. The summed E-state index contributed by atoms with van der Waals surface area (Å²) < 4.78 is 0. The Labute approximate surface area is 137 Å². The molecule has 2 unspecified atom stereocenters. The van der Waals surface area contributed by atoms with Gasteiger partial charge in [0.15, 0.2) is 0 Å². The number of thioether (sulfide) groups is 1. The van der Waals surface area contributed by atoms with Crippen LogP contribution >= 0.6 is 11.8 Å². The van der Waals surface area contributed by atoms with E-state index in [4.69, 9.17) is 0 Å². The molecule has 0 saturated heterocycles. The van der Waals surface area contributed by atoms with Gasteiger partial charge in [0.1, 0.15) is 0 Å². The second kappa shape index (κ2) is 8.39. The second-order valence-corrected chi connectivity index (χ2v) is 7.62. The second-order valence-electron chi connectivity index (χ2n) is 6.00. The van der Waals surface area contributed by atoms with Crippen LogP contribution in [0.1, 0.15) is 45.1 Å². The van der Waals surface area contributed by atoms with E-state index in [0.717, 1.165) is 31.2 Å². The molecule has 2 atom stereocenters. The molecular formula is C18H25NO2S. The van der Waals surface area contributed by atoms with Gasteiger partial charge in [0.05, 0.1) is 12.1 Å². The molecule has 0 spiro atoms. The maximum absolute atomic E-state index is 12.0. The fraction of sp³-hybridized carbons (Fsp3) is 0.500. The molecule has 1 amide bonds. The summed E-state index contributed by atoms with van der Waals surface area (Å²) in [6.07, 6.45) is 6.78. The zero-order valence-corrected chi connectivity index (χ0v) is 14.1. The van der Waals surface area contributed by atoms with Crippen LogP contribution in [0.15, 0.2) is 35.2 Å². The van der Waals surface area contributed by atoms with Gasteiger partial charge in [-0.1, -0.05) is 44.9 Å². The Balaban J connectivity index is 1.97. The van der Waals surface area contributed by atoms with Crippen molar-refractivity contribution >= 4 is 23.7 Å². The molecule has 4 heteroatoms. The van der Waals surface area contributed by atoms with Crippen molar-refractivity contribution in [2.24, 2.45) is 0 Å². The lowest BCUT2D eigenvalue weighted by molar-refractivity contribution is -0.118. The molecule has 1 aromatic rings. The number of hydrogen-bond donors (Lipinski definition) is 2. The number of amides is 1. The summed E-state index contributed by atoms with van der Waals surface area (Å²) in [5.41, 5.74) is 1.06. The first-order valence-electron chi connectivity index (χ1n) is 7.98. The van der Waals surface area contributed by atoms with Gasteiger partial charge >= 0.3 is 0 Å². The minimum absolute atomic E-state index is 0.105. The lowest BCUT2D eigenvalue weighted by atomic mass is 9.92. The Morgan fingerprint density at radius 1 is 1.32 bits per heavy atom. The van der Waals surface area contributed by atoms with Crippen molar-refractivity contribution in [2.75, 3.05) is 0 Å². The fourth-order valence-electron chi connectivity index (χ4n) is 2.66. The predicted octanol–water partition coefficient (Wildman–Crippen LogP) is 3.62. The number of benzene rings is 1. The summed E-state index contributed by atoms with van der Waals surface area (Å²) in [5, 5.41) is 13.3. The highest BCUT2D eigenvalue weighted by molar-refractivity contribution is 8.00. The molecule has 2 N–H and O–H groups in total. The number of nitrogens with one attached hydrogen (secondary N) is 1. The molecular weight excluding hydrogens is 294 g/mol. The molecule has 0 bridgehead atoms. The molecule has 1 aliphatic rings. The summed E-state index contributed by atoms with van der Waals surface area (Å²) in [4.78, 5) is 13.2. The average Bonchev–Trinajstić information content (AvgIpc) is 2.48. The minimum atomic E-state index is -0.408. The van der Waals surface area contributed by atoms with Gasteiger partial charge in [0, 0.05) is 16.2 Å². The van der Waals surface area contributed by atoms with E-state index >= 15 is 0 Å². The number of aliphatic hydroxyl groups is 1. The zero-order valence-electron chi connectivity index (χ0n) is 13.3. The predicted molar refractivity (Wildman–Crippen MR) is 92.9 cm³/mol. The van der Waals surface area contributed by atoms with Crippen molar-refractivity contribution in [1.29, 1.82) is 0 Å². The molecule has 1 fully saturated rings. The molecule has 120 valence electrons. The van der Waals surface area contributed by atoms with Crippen molar-refractivity contribution in [2.45, 2.75) is 61.8 Å². The quantitative estimate of drug-likeness (QED) is 0.644. The fourth-order valence-corrected chi connectivity index (χ4v) is 3.59. The minimum Gasteiger partial charge on any atom is -0.391 e. The van der Waals surface area contributed by atoms with E-state index in [1.807, 2.05) is 24.3 Å². The maximum atomic E-state index is 12.0. The first kappa shape index (κ1) is 17.1. The largest absolute Gasteiger partial charge is 0.391 e. The smallest absolute Gasteiger partial charge is 0.244 e. The van der Waals surface area contributed by atoms with Crippen molar-refractivity contribution in [3.8, 4) is 0 Å². The van der Waals surface area contributed by atoms with Crippen molar-refractivity contribution in [3.63, 3.8) is 0 Å². The van der Waals surface area contributed by atoms with Crippen molar-refractivity contribution < 1.29 is 9.90 Å². The highest BCUT2D eigenvalue weighted by Gasteiger charge is 2.23. The van der Waals surface area contributed by atoms with Crippen LogP contribution in [0.3, 0.4) is 0 Å². The van der Waals surface area contributed by atoms with E-state index in [9.17, 15) is 9.90 Å². The van der Waals surface area contributed by atoms with Gasteiger partial charge in [0.25, 0.3) is 0 Å². The molecule has 1 aromatic carbocycles. The van der Waals surface area contributed by atoms with Gasteiger partial charge in [-0.05, 0) is 30.5 Å². The third-order valence-electron chi connectivity index (χ3n) is 3.75. The van der Waals surface area contributed by atoms with Crippen molar-refractivity contribution in [1.82, 2.24) is 5.32 Å². The lowest BCUT2D eigenvalue weighted by Crippen LogP contribution is -2.44. The molecule has 22 heavy (non-hydrogen) atoms. The Morgan fingerprint density at radius 3 is 2.77 bits per heavy atom. The van der Waals surface area contributed by atoms with Crippen molar-refractivity contribution in [3.05, 3.63) is 35.9 Å². The number of carbonyl (C=O) groups excluding carboxylic acids is 1. The highest BCUT2D eigenvalue weighted by atomic mass is 32.2. The van der Waals surface area contributed by atoms with E-state index in [2.05, 4.69) is 25.2 Å².